The van der Waals surface area contributed by atoms with Crippen molar-refractivity contribution in [3.63, 3.8) is 0 Å². The number of morpholine rings is 1. The zero-order valence-electron chi connectivity index (χ0n) is 10.4. The number of halogens is 1. The van der Waals surface area contributed by atoms with Crippen molar-refractivity contribution < 1.29 is 9.13 Å². The molecule has 1 aromatic rings. The summed E-state index contributed by atoms with van der Waals surface area (Å²) in [5, 5.41) is 0. The number of nitrogens with two attached hydrogens (primary N) is 1. The first-order valence-electron chi connectivity index (χ1n) is 5.90. The minimum absolute atomic E-state index is 0.223. The van der Waals surface area contributed by atoms with Crippen molar-refractivity contribution in [3.05, 3.63) is 29.6 Å². The summed E-state index contributed by atoms with van der Waals surface area (Å²) in [5.74, 6) is -0.223. The Bertz CT molecular complexity index is 395. The average molecular weight is 238 g/mol. The van der Waals surface area contributed by atoms with Crippen molar-refractivity contribution in [2.24, 2.45) is 5.73 Å². The maximum absolute atomic E-state index is 13.4. The van der Waals surface area contributed by atoms with Gasteiger partial charge < -0.3 is 15.4 Å². The van der Waals surface area contributed by atoms with Crippen LogP contribution in [0.25, 0.3) is 0 Å². The zero-order chi connectivity index (χ0) is 12.5. The lowest BCUT2D eigenvalue weighted by Crippen LogP contribution is -2.39. The Morgan fingerprint density at radius 1 is 1.29 bits per heavy atom. The number of hydrogen-bond donors (Lipinski definition) is 1. The first-order valence-corrected chi connectivity index (χ1v) is 5.90. The van der Waals surface area contributed by atoms with E-state index in [4.69, 9.17) is 10.5 Å². The fourth-order valence-electron chi connectivity index (χ4n) is 2.12. The highest BCUT2D eigenvalue weighted by Crippen LogP contribution is 2.30. The van der Waals surface area contributed by atoms with Gasteiger partial charge in [-0.25, -0.2) is 4.39 Å². The number of anilines is 1. The molecule has 0 saturated carbocycles. The van der Waals surface area contributed by atoms with Gasteiger partial charge in [0.2, 0.25) is 0 Å². The van der Waals surface area contributed by atoms with Crippen LogP contribution in [0.5, 0.6) is 0 Å². The molecule has 0 radical (unpaired) electrons. The van der Waals surface area contributed by atoms with Gasteiger partial charge in [-0.05, 0) is 31.5 Å². The third-order valence-corrected chi connectivity index (χ3v) is 3.01. The predicted molar refractivity (Wildman–Crippen MR) is 66.6 cm³/mol. The highest BCUT2D eigenvalue weighted by atomic mass is 19.1. The van der Waals surface area contributed by atoms with E-state index in [1.807, 2.05) is 13.8 Å². The SMILES string of the molecule is CC(C)(N)c1ccc(F)cc1N1CCOCC1. The van der Waals surface area contributed by atoms with E-state index < -0.39 is 5.54 Å². The number of hydrogen-bond acceptors (Lipinski definition) is 3. The Labute approximate surface area is 101 Å². The first-order chi connectivity index (χ1) is 7.98. The molecule has 1 aromatic carbocycles. The Hall–Kier alpha value is -1.13. The molecule has 0 amide bonds. The average Bonchev–Trinajstić information content (AvgIpc) is 2.28. The third kappa shape index (κ3) is 2.76. The number of ether oxygens (including phenoxy) is 1. The van der Waals surface area contributed by atoms with Crippen molar-refractivity contribution in [3.8, 4) is 0 Å². The monoisotopic (exact) mass is 238 g/mol. The van der Waals surface area contributed by atoms with Gasteiger partial charge in [-0.2, -0.15) is 0 Å². The van der Waals surface area contributed by atoms with E-state index in [2.05, 4.69) is 4.90 Å². The minimum atomic E-state index is -0.471. The molecule has 3 nitrogen and oxygen atoms in total. The van der Waals surface area contributed by atoms with Crippen LogP contribution < -0.4 is 10.6 Å². The standard InChI is InChI=1S/C13H19FN2O/c1-13(2,15)11-4-3-10(14)9-12(11)16-5-7-17-8-6-16/h3-4,9H,5-8,15H2,1-2H3. The van der Waals surface area contributed by atoms with Crippen molar-refractivity contribution >= 4 is 5.69 Å². The smallest absolute Gasteiger partial charge is 0.125 e. The molecule has 94 valence electrons. The van der Waals surface area contributed by atoms with Crippen molar-refractivity contribution in [1.29, 1.82) is 0 Å². The van der Waals surface area contributed by atoms with E-state index in [9.17, 15) is 4.39 Å². The number of rotatable bonds is 2. The summed E-state index contributed by atoms with van der Waals surface area (Å²) >= 11 is 0. The Kier molecular flexibility index (Phi) is 3.35. The Balaban J connectivity index is 2.39. The maximum Gasteiger partial charge on any atom is 0.125 e. The van der Waals surface area contributed by atoms with Crippen molar-refractivity contribution in [2.75, 3.05) is 31.2 Å². The molecule has 1 aliphatic rings. The first kappa shape index (κ1) is 12.3. The summed E-state index contributed by atoms with van der Waals surface area (Å²) in [6, 6.07) is 4.81. The van der Waals surface area contributed by atoms with E-state index >= 15 is 0 Å². The van der Waals surface area contributed by atoms with E-state index in [0.29, 0.717) is 13.2 Å². The third-order valence-electron chi connectivity index (χ3n) is 3.01. The summed E-state index contributed by atoms with van der Waals surface area (Å²) in [7, 11) is 0. The maximum atomic E-state index is 13.4. The number of nitrogens with zero attached hydrogens (tertiary/aromatic N) is 1. The molecule has 4 heteroatoms. The van der Waals surface area contributed by atoms with Gasteiger partial charge in [-0.3, -0.25) is 0 Å². The summed E-state index contributed by atoms with van der Waals surface area (Å²) in [4.78, 5) is 2.14. The van der Waals surface area contributed by atoms with Gasteiger partial charge in [0, 0.05) is 24.3 Å². The fourth-order valence-corrected chi connectivity index (χ4v) is 2.12. The van der Waals surface area contributed by atoms with Crippen LogP contribution in [-0.4, -0.2) is 26.3 Å². The van der Waals surface area contributed by atoms with Crippen LogP contribution in [0.15, 0.2) is 18.2 Å². The lowest BCUT2D eigenvalue weighted by Gasteiger charge is -2.33. The van der Waals surface area contributed by atoms with E-state index in [0.717, 1.165) is 24.3 Å². The summed E-state index contributed by atoms with van der Waals surface area (Å²) in [6.45, 7) is 6.80. The molecule has 1 heterocycles. The highest BCUT2D eigenvalue weighted by molar-refractivity contribution is 5.56. The van der Waals surface area contributed by atoms with Gasteiger partial charge in [0.05, 0.1) is 13.2 Å². The lowest BCUT2D eigenvalue weighted by molar-refractivity contribution is 0.122. The Morgan fingerprint density at radius 2 is 1.94 bits per heavy atom. The van der Waals surface area contributed by atoms with Crippen molar-refractivity contribution in [2.45, 2.75) is 19.4 Å². The van der Waals surface area contributed by atoms with Crippen LogP contribution in [0.1, 0.15) is 19.4 Å². The summed E-state index contributed by atoms with van der Waals surface area (Å²) in [5.41, 5.74) is 7.53. The molecule has 17 heavy (non-hydrogen) atoms. The second kappa shape index (κ2) is 4.63. The topological polar surface area (TPSA) is 38.5 Å². The van der Waals surface area contributed by atoms with Gasteiger partial charge in [0.15, 0.2) is 0 Å². The zero-order valence-corrected chi connectivity index (χ0v) is 10.4. The molecule has 0 spiro atoms. The molecular weight excluding hydrogens is 219 g/mol. The molecule has 0 aromatic heterocycles. The van der Waals surface area contributed by atoms with Gasteiger partial charge in [0.25, 0.3) is 0 Å². The molecule has 1 aliphatic heterocycles. The molecule has 0 atom stereocenters. The highest BCUT2D eigenvalue weighted by Gasteiger charge is 2.23. The molecule has 0 unspecified atom stereocenters. The van der Waals surface area contributed by atoms with Crippen LogP contribution in [0.2, 0.25) is 0 Å². The molecule has 2 N–H and O–H groups in total. The molecule has 1 fully saturated rings. The van der Waals surface area contributed by atoms with Gasteiger partial charge in [0.1, 0.15) is 5.82 Å². The predicted octanol–water partition coefficient (Wildman–Crippen LogP) is 1.86. The Morgan fingerprint density at radius 3 is 2.53 bits per heavy atom. The van der Waals surface area contributed by atoms with Crippen LogP contribution in [-0.2, 0) is 10.3 Å². The molecule has 0 bridgehead atoms. The van der Waals surface area contributed by atoms with Crippen LogP contribution >= 0.6 is 0 Å². The summed E-state index contributed by atoms with van der Waals surface area (Å²) in [6.07, 6.45) is 0. The second-order valence-electron chi connectivity index (χ2n) is 4.98. The fraction of sp³-hybridized carbons (Fsp3) is 0.538. The van der Waals surface area contributed by atoms with Gasteiger partial charge >= 0.3 is 0 Å². The molecule has 1 saturated heterocycles. The molecule has 0 aliphatic carbocycles. The van der Waals surface area contributed by atoms with E-state index in [1.165, 1.54) is 6.07 Å². The van der Waals surface area contributed by atoms with Crippen LogP contribution in [0, 0.1) is 5.82 Å². The minimum Gasteiger partial charge on any atom is -0.378 e. The van der Waals surface area contributed by atoms with E-state index in [-0.39, 0.29) is 5.82 Å². The van der Waals surface area contributed by atoms with Crippen molar-refractivity contribution in [1.82, 2.24) is 0 Å². The summed E-state index contributed by atoms with van der Waals surface area (Å²) < 4.78 is 18.7. The number of benzene rings is 1. The molecule has 2 rings (SSSR count). The van der Waals surface area contributed by atoms with Crippen LogP contribution in [0.4, 0.5) is 10.1 Å². The van der Waals surface area contributed by atoms with Crippen LogP contribution in [0.3, 0.4) is 0 Å². The lowest BCUT2D eigenvalue weighted by atomic mass is 9.93. The molecular formula is C13H19FN2O. The largest absolute Gasteiger partial charge is 0.378 e. The van der Waals surface area contributed by atoms with E-state index in [1.54, 1.807) is 12.1 Å². The second-order valence-corrected chi connectivity index (χ2v) is 4.98. The quantitative estimate of drug-likeness (QED) is 0.854. The normalized spacial score (nSPS) is 17.3. The van der Waals surface area contributed by atoms with Gasteiger partial charge in [-0.1, -0.05) is 6.07 Å². The van der Waals surface area contributed by atoms with Gasteiger partial charge in [-0.15, -0.1) is 0 Å².